The van der Waals surface area contributed by atoms with E-state index in [2.05, 4.69) is 20.9 Å². The smallest absolute Gasteiger partial charge is 0.146 e. The Balaban J connectivity index is 1.91. The molecule has 3 rings (SSSR count). The van der Waals surface area contributed by atoms with Crippen molar-refractivity contribution < 1.29 is 29.9 Å². The third-order valence-electron chi connectivity index (χ3n) is 3.79. The topological polar surface area (TPSA) is 118 Å². The zero-order chi connectivity index (χ0) is 16.7. The molecule has 0 unspecified atom stereocenters. The monoisotopic (exact) mass is 406 g/mol. The number of hydrogen-bond donors (Lipinski definition) is 4. The van der Waals surface area contributed by atoms with Crippen LogP contribution in [0.5, 0.6) is 5.75 Å². The molecule has 0 spiro atoms. The van der Waals surface area contributed by atoms with Crippen molar-refractivity contribution in [1.29, 1.82) is 0 Å². The van der Waals surface area contributed by atoms with Gasteiger partial charge in [0.2, 0.25) is 0 Å². The second-order valence-corrected chi connectivity index (χ2v) is 6.46. The Morgan fingerprint density at radius 3 is 2.78 bits per heavy atom. The first-order valence-electron chi connectivity index (χ1n) is 6.84. The summed E-state index contributed by atoms with van der Waals surface area (Å²) in [5.74, 6) is 0.259. The Bertz CT molecular complexity index is 710. The molecule has 9 heteroatoms. The molecular weight excluding hydrogens is 394 g/mol. The average Bonchev–Trinajstić information content (AvgIpc) is 2.94. The predicted octanol–water partition coefficient (Wildman–Crippen LogP) is 0.131. The van der Waals surface area contributed by atoms with E-state index in [-0.39, 0.29) is 5.75 Å². The van der Waals surface area contributed by atoms with E-state index < -0.39 is 37.3 Å². The van der Waals surface area contributed by atoms with Crippen molar-refractivity contribution in [1.82, 2.24) is 4.98 Å². The van der Waals surface area contributed by atoms with Gasteiger partial charge >= 0.3 is 0 Å². The normalized spacial score (nSPS) is 31.5. The molecule has 1 aliphatic heterocycles. The largest absolute Gasteiger partial charge is 0.828 e. The fourth-order valence-corrected chi connectivity index (χ4v) is 3.14. The Morgan fingerprint density at radius 1 is 1.35 bits per heavy atom. The van der Waals surface area contributed by atoms with E-state index in [1.165, 1.54) is 6.20 Å². The fourth-order valence-electron chi connectivity index (χ4n) is 2.55. The minimum atomic E-state index is -1.76. The Morgan fingerprint density at radius 2 is 2.09 bits per heavy atom. The summed E-state index contributed by atoms with van der Waals surface area (Å²) in [7, 11) is 0. The fraction of sp³-hybridized carbons (Fsp3) is 0.429. The molecule has 1 aromatic heterocycles. The third kappa shape index (κ3) is 2.96. The maximum Gasteiger partial charge on any atom is 0.146 e. The van der Waals surface area contributed by atoms with Gasteiger partial charge in [0.15, 0.2) is 0 Å². The number of nitrogens with one attached hydrogen (secondary N) is 1. The molecule has 1 fully saturated rings. The van der Waals surface area contributed by atoms with Crippen molar-refractivity contribution in [2.45, 2.75) is 30.7 Å². The number of halogens is 2. The number of H-pyrrole nitrogens is 1. The number of fused-ring (bicyclic) bond motifs is 1. The maximum atomic E-state index is 12.0. The zero-order valence-corrected chi connectivity index (χ0v) is 14.0. The highest BCUT2D eigenvalue weighted by atomic mass is 79.9. The molecule has 0 amide bonds. The van der Waals surface area contributed by atoms with Gasteiger partial charge < -0.3 is 34.9 Å². The zero-order valence-electron chi connectivity index (χ0n) is 11.6. The predicted molar refractivity (Wildman–Crippen MR) is 83.2 cm³/mol. The minimum Gasteiger partial charge on any atom is -0.828 e. The van der Waals surface area contributed by atoms with Gasteiger partial charge in [-0.15, -0.1) is 0 Å². The summed E-state index contributed by atoms with van der Waals surface area (Å²) in [5, 5.41) is 42.0. The van der Waals surface area contributed by atoms with Crippen molar-refractivity contribution in [2.24, 2.45) is 0 Å². The maximum absolute atomic E-state index is 12.0. The highest BCUT2D eigenvalue weighted by molar-refractivity contribution is 9.10. The minimum absolute atomic E-state index is 0.259. The summed E-state index contributed by atoms with van der Waals surface area (Å²) >= 11 is 9.54. The average molecular weight is 408 g/mol. The molecule has 4 N–H and O–H groups in total. The van der Waals surface area contributed by atoms with Crippen LogP contribution in [-0.2, 0) is 4.74 Å². The quantitative estimate of drug-likeness (QED) is 0.574. The van der Waals surface area contributed by atoms with E-state index in [0.29, 0.717) is 20.4 Å². The lowest BCUT2D eigenvalue weighted by Crippen LogP contribution is -2.64. The Hall–Kier alpha value is -0.870. The Kier molecular flexibility index (Phi) is 4.84. The lowest BCUT2D eigenvalue weighted by Gasteiger charge is -2.45. The summed E-state index contributed by atoms with van der Waals surface area (Å²) in [4.78, 5) is 2.95. The SMILES string of the molecule is [O-][C@@H]1O[C@H](CO)[C@H](O)[C@H](O)[C@H]1Oc1c[nH]c2ccc(Br)c(Cl)c12. The van der Waals surface area contributed by atoms with Gasteiger partial charge in [0.25, 0.3) is 0 Å². The second-order valence-electron chi connectivity index (χ2n) is 5.23. The molecule has 1 aliphatic rings. The van der Waals surface area contributed by atoms with E-state index in [4.69, 9.17) is 26.2 Å². The molecule has 2 heterocycles. The van der Waals surface area contributed by atoms with E-state index in [9.17, 15) is 15.3 Å². The second kappa shape index (κ2) is 6.56. The van der Waals surface area contributed by atoms with Gasteiger partial charge in [-0.3, -0.25) is 0 Å². The van der Waals surface area contributed by atoms with E-state index >= 15 is 0 Å². The molecule has 2 aromatic rings. The van der Waals surface area contributed by atoms with E-state index in [1.807, 2.05) is 0 Å². The number of aromatic amines is 1. The first kappa shape index (κ1) is 17.0. The van der Waals surface area contributed by atoms with Crippen molar-refractivity contribution in [3.8, 4) is 5.75 Å². The van der Waals surface area contributed by atoms with Crippen LogP contribution in [0.3, 0.4) is 0 Å². The summed E-state index contributed by atoms with van der Waals surface area (Å²) in [6.45, 7) is -0.574. The van der Waals surface area contributed by atoms with Gasteiger partial charge in [-0.05, 0) is 28.1 Å². The summed E-state index contributed by atoms with van der Waals surface area (Å²) in [6.07, 6.45) is -5.68. The number of ether oxygens (including phenoxy) is 2. The van der Waals surface area contributed by atoms with Gasteiger partial charge in [-0.2, -0.15) is 0 Å². The standard InChI is InChI=1S/C14H14BrClNO6/c15-5-1-2-6-9(10(5)16)7(3-17-6)22-13-12(20)11(19)8(4-18)23-14(13)21/h1-3,8,11-14,17-20H,4H2/q-1/t8-,11+,12+,13-,14-/m1/s1. The number of rotatable bonds is 3. The van der Waals surface area contributed by atoms with Crippen LogP contribution in [0.1, 0.15) is 0 Å². The molecule has 0 bridgehead atoms. The molecule has 126 valence electrons. The van der Waals surface area contributed by atoms with Crippen LogP contribution in [0.25, 0.3) is 10.9 Å². The van der Waals surface area contributed by atoms with Gasteiger partial charge in [0.05, 0.1) is 22.5 Å². The van der Waals surface area contributed by atoms with Crippen molar-refractivity contribution in [3.05, 3.63) is 27.8 Å². The summed E-state index contributed by atoms with van der Waals surface area (Å²) in [5.41, 5.74) is 0.690. The molecular formula is C14H14BrClNO6-. The summed E-state index contributed by atoms with van der Waals surface area (Å²) in [6, 6.07) is 3.53. The molecule has 5 atom stereocenters. The Labute approximate surface area is 144 Å². The highest BCUT2D eigenvalue weighted by Gasteiger charge is 2.41. The number of aromatic nitrogens is 1. The van der Waals surface area contributed by atoms with Crippen LogP contribution < -0.4 is 9.84 Å². The molecule has 1 aromatic carbocycles. The molecule has 23 heavy (non-hydrogen) atoms. The number of aliphatic hydroxyl groups excluding tert-OH is 3. The van der Waals surface area contributed by atoms with E-state index in [0.717, 1.165) is 0 Å². The van der Waals surface area contributed by atoms with Gasteiger partial charge in [-0.1, -0.05) is 11.6 Å². The number of hydrogen-bond acceptors (Lipinski definition) is 6. The molecule has 0 saturated carbocycles. The van der Waals surface area contributed by atoms with Crippen LogP contribution in [0.4, 0.5) is 0 Å². The van der Waals surface area contributed by atoms with Crippen LogP contribution in [0.15, 0.2) is 22.8 Å². The number of aliphatic hydroxyl groups is 3. The third-order valence-corrected chi connectivity index (χ3v) is 5.07. The lowest BCUT2D eigenvalue weighted by atomic mass is 9.99. The molecule has 1 saturated heterocycles. The van der Waals surface area contributed by atoms with Gasteiger partial charge in [0.1, 0.15) is 30.2 Å². The van der Waals surface area contributed by atoms with E-state index in [1.54, 1.807) is 12.1 Å². The first-order valence-corrected chi connectivity index (χ1v) is 8.01. The molecule has 0 radical (unpaired) electrons. The van der Waals surface area contributed by atoms with Crippen molar-refractivity contribution in [2.75, 3.05) is 6.61 Å². The van der Waals surface area contributed by atoms with Gasteiger partial charge in [-0.25, -0.2) is 0 Å². The van der Waals surface area contributed by atoms with Crippen LogP contribution in [0.2, 0.25) is 5.02 Å². The molecule has 0 aliphatic carbocycles. The lowest BCUT2D eigenvalue weighted by molar-refractivity contribution is -0.530. The van der Waals surface area contributed by atoms with Gasteiger partial charge in [0, 0.05) is 17.0 Å². The van der Waals surface area contributed by atoms with Crippen molar-refractivity contribution >= 4 is 38.4 Å². The summed E-state index contributed by atoms with van der Waals surface area (Å²) < 4.78 is 11.2. The molecule has 7 nitrogen and oxygen atoms in total. The highest BCUT2D eigenvalue weighted by Crippen LogP contribution is 2.38. The van der Waals surface area contributed by atoms with Crippen LogP contribution >= 0.6 is 27.5 Å². The first-order chi connectivity index (χ1) is 10.9. The van der Waals surface area contributed by atoms with Crippen LogP contribution in [-0.4, -0.2) is 57.6 Å². The van der Waals surface area contributed by atoms with Crippen molar-refractivity contribution in [3.63, 3.8) is 0 Å². The van der Waals surface area contributed by atoms with Crippen LogP contribution in [0, 0.1) is 0 Å². The number of benzene rings is 1.